The number of pyridine rings is 1. The molecule has 0 aliphatic heterocycles. The lowest BCUT2D eigenvalue weighted by Crippen LogP contribution is -2.27. The van der Waals surface area contributed by atoms with Gasteiger partial charge in [0.15, 0.2) is 0 Å². The summed E-state index contributed by atoms with van der Waals surface area (Å²) in [6, 6.07) is 19.9. The summed E-state index contributed by atoms with van der Waals surface area (Å²) < 4.78 is 0. The van der Waals surface area contributed by atoms with E-state index in [2.05, 4.69) is 22.4 Å². The van der Waals surface area contributed by atoms with Gasteiger partial charge in [-0.05, 0) is 48.8 Å². The van der Waals surface area contributed by atoms with Gasteiger partial charge in [0.1, 0.15) is 0 Å². The molecule has 4 heteroatoms. The number of aromatic nitrogens is 1. The van der Waals surface area contributed by atoms with Crippen LogP contribution < -0.4 is 10.9 Å². The van der Waals surface area contributed by atoms with Crippen LogP contribution >= 0.6 is 0 Å². The lowest BCUT2D eigenvalue weighted by molar-refractivity contribution is -0.121. The Kier molecular flexibility index (Phi) is 6.20. The number of hydrogen-bond acceptors (Lipinski definition) is 2. The van der Waals surface area contributed by atoms with E-state index >= 15 is 0 Å². The van der Waals surface area contributed by atoms with Gasteiger partial charge in [0.05, 0.1) is 0 Å². The molecule has 3 rings (SSSR count). The molecule has 134 valence electrons. The van der Waals surface area contributed by atoms with Crippen molar-refractivity contribution in [2.75, 3.05) is 6.54 Å². The third-order valence-corrected chi connectivity index (χ3v) is 4.51. The van der Waals surface area contributed by atoms with Gasteiger partial charge in [-0.1, -0.05) is 48.5 Å². The SMILES string of the molecule is O=C(CCCCc1ccccc1)NCCc1cc2ccccc2[nH]c1=O. The molecule has 0 radical (unpaired) electrons. The second-order valence-electron chi connectivity index (χ2n) is 6.50. The van der Waals surface area contributed by atoms with Crippen molar-refractivity contribution in [2.45, 2.75) is 32.1 Å². The minimum atomic E-state index is -0.0826. The van der Waals surface area contributed by atoms with Gasteiger partial charge in [0, 0.05) is 24.0 Å². The van der Waals surface area contributed by atoms with E-state index in [-0.39, 0.29) is 11.5 Å². The first kappa shape index (κ1) is 17.9. The van der Waals surface area contributed by atoms with Gasteiger partial charge in [0.2, 0.25) is 5.91 Å². The van der Waals surface area contributed by atoms with E-state index in [4.69, 9.17) is 0 Å². The van der Waals surface area contributed by atoms with Crippen LogP contribution in [0.4, 0.5) is 0 Å². The number of hydrogen-bond donors (Lipinski definition) is 2. The largest absolute Gasteiger partial charge is 0.356 e. The van der Waals surface area contributed by atoms with E-state index < -0.39 is 0 Å². The van der Waals surface area contributed by atoms with Crippen molar-refractivity contribution >= 4 is 16.8 Å². The number of aromatic amines is 1. The predicted octanol–water partition coefficient (Wildman–Crippen LogP) is 3.60. The zero-order valence-electron chi connectivity index (χ0n) is 14.8. The minimum Gasteiger partial charge on any atom is -0.356 e. The third-order valence-electron chi connectivity index (χ3n) is 4.51. The van der Waals surface area contributed by atoms with Crippen LogP contribution in [0.2, 0.25) is 0 Å². The molecule has 4 nitrogen and oxygen atoms in total. The summed E-state index contributed by atoms with van der Waals surface area (Å²) in [5, 5.41) is 3.92. The van der Waals surface area contributed by atoms with Crippen LogP contribution in [0.5, 0.6) is 0 Å². The molecule has 0 bridgehead atoms. The first-order chi connectivity index (χ1) is 12.7. The molecule has 1 heterocycles. The van der Waals surface area contributed by atoms with Crippen molar-refractivity contribution < 1.29 is 4.79 Å². The van der Waals surface area contributed by atoms with Crippen molar-refractivity contribution in [3.05, 3.63) is 82.1 Å². The van der Waals surface area contributed by atoms with E-state index in [9.17, 15) is 9.59 Å². The molecule has 2 aromatic carbocycles. The number of para-hydroxylation sites is 1. The average Bonchev–Trinajstić information content (AvgIpc) is 2.66. The highest BCUT2D eigenvalue weighted by Gasteiger charge is 2.05. The van der Waals surface area contributed by atoms with Gasteiger partial charge in [-0.25, -0.2) is 0 Å². The standard InChI is InChI=1S/C22H24N2O2/c25-21(13-7-4-10-17-8-2-1-3-9-17)23-15-14-19-16-18-11-5-6-12-20(18)24-22(19)26/h1-3,5-6,8-9,11-12,16H,4,7,10,13-15H2,(H,23,25)(H,24,26). The Morgan fingerprint density at radius 3 is 2.54 bits per heavy atom. The van der Waals surface area contributed by atoms with Crippen molar-refractivity contribution in [3.8, 4) is 0 Å². The number of carbonyl (C=O) groups excluding carboxylic acids is 1. The number of H-pyrrole nitrogens is 1. The van der Waals surface area contributed by atoms with E-state index in [1.165, 1.54) is 5.56 Å². The Morgan fingerprint density at radius 2 is 1.69 bits per heavy atom. The summed E-state index contributed by atoms with van der Waals surface area (Å²) in [5.41, 5.74) is 2.76. The molecule has 1 amide bonds. The number of unbranched alkanes of at least 4 members (excludes halogenated alkanes) is 1. The molecular weight excluding hydrogens is 324 g/mol. The Hall–Kier alpha value is -2.88. The molecule has 3 aromatic rings. The molecular formula is C22H24N2O2. The van der Waals surface area contributed by atoms with Gasteiger partial charge < -0.3 is 10.3 Å². The normalized spacial score (nSPS) is 10.8. The second-order valence-corrected chi connectivity index (χ2v) is 6.50. The first-order valence-electron chi connectivity index (χ1n) is 9.14. The van der Waals surface area contributed by atoms with Crippen molar-refractivity contribution in [1.29, 1.82) is 0 Å². The highest BCUT2D eigenvalue weighted by molar-refractivity contribution is 5.78. The predicted molar refractivity (Wildman–Crippen MR) is 105 cm³/mol. The molecule has 0 fully saturated rings. The molecule has 0 unspecified atom stereocenters. The topological polar surface area (TPSA) is 62.0 Å². The van der Waals surface area contributed by atoms with Gasteiger partial charge >= 0.3 is 0 Å². The molecule has 0 aliphatic rings. The van der Waals surface area contributed by atoms with Gasteiger partial charge in [-0.15, -0.1) is 0 Å². The van der Waals surface area contributed by atoms with Crippen molar-refractivity contribution in [2.24, 2.45) is 0 Å². The third kappa shape index (κ3) is 5.06. The molecule has 1 aromatic heterocycles. The zero-order valence-corrected chi connectivity index (χ0v) is 14.8. The molecule has 0 aliphatic carbocycles. The Morgan fingerprint density at radius 1 is 0.923 bits per heavy atom. The average molecular weight is 348 g/mol. The Balaban J connectivity index is 1.40. The molecule has 0 atom stereocenters. The van der Waals surface area contributed by atoms with Gasteiger partial charge in [0.25, 0.3) is 5.56 Å². The van der Waals surface area contributed by atoms with E-state index in [1.807, 2.05) is 48.5 Å². The molecule has 2 N–H and O–H groups in total. The number of carbonyl (C=O) groups is 1. The molecule has 0 saturated carbocycles. The maximum Gasteiger partial charge on any atom is 0.251 e. The lowest BCUT2D eigenvalue weighted by atomic mass is 10.1. The van der Waals surface area contributed by atoms with Crippen LogP contribution in [0.3, 0.4) is 0 Å². The van der Waals surface area contributed by atoms with E-state index in [0.717, 1.165) is 30.2 Å². The second kappa shape index (κ2) is 8.99. The quantitative estimate of drug-likeness (QED) is 0.611. The fourth-order valence-corrected chi connectivity index (χ4v) is 3.06. The van der Waals surface area contributed by atoms with Crippen LogP contribution in [0.1, 0.15) is 30.4 Å². The van der Waals surface area contributed by atoms with Gasteiger partial charge in [-0.2, -0.15) is 0 Å². The van der Waals surface area contributed by atoms with Crippen molar-refractivity contribution in [3.63, 3.8) is 0 Å². The summed E-state index contributed by atoms with van der Waals surface area (Å²) >= 11 is 0. The smallest absolute Gasteiger partial charge is 0.251 e. The summed E-state index contributed by atoms with van der Waals surface area (Å²) in [6.07, 6.45) is 3.94. The maximum absolute atomic E-state index is 12.1. The van der Waals surface area contributed by atoms with E-state index in [0.29, 0.717) is 24.9 Å². The number of nitrogens with one attached hydrogen (secondary N) is 2. The van der Waals surface area contributed by atoms with Crippen LogP contribution in [0.15, 0.2) is 65.5 Å². The molecule has 26 heavy (non-hydrogen) atoms. The Bertz CT molecular complexity index is 916. The monoisotopic (exact) mass is 348 g/mol. The number of rotatable bonds is 8. The molecule has 0 spiro atoms. The summed E-state index contributed by atoms with van der Waals surface area (Å²) in [4.78, 5) is 26.9. The number of aryl methyl sites for hydroxylation is 1. The zero-order chi connectivity index (χ0) is 18.2. The summed E-state index contributed by atoms with van der Waals surface area (Å²) in [6.45, 7) is 0.485. The lowest BCUT2D eigenvalue weighted by Gasteiger charge is -2.06. The van der Waals surface area contributed by atoms with Crippen LogP contribution in [-0.4, -0.2) is 17.4 Å². The fraction of sp³-hybridized carbons (Fsp3) is 0.273. The van der Waals surface area contributed by atoms with Crippen molar-refractivity contribution in [1.82, 2.24) is 10.3 Å². The number of fused-ring (bicyclic) bond motifs is 1. The minimum absolute atomic E-state index is 0.0512. The summed E-state index contributed by atoms with van der Waals surface area (Å²) in [7, 11) is 0. The van der Waals surface area contributed by atoms with Gasteiger partial charge in [-0.3, -0.25) is 9.59 Å². The summed E-state index contributed by atoms with van der Waals surface area (Å²) in [5.74, 6) is 0.0512. The number of benzene rings is 2. The highest BCUT2D eigenvalue weighted by atomic mass is 16.1. The maximum atomic E-state index is 12.1. The molecule has 0 saturated heterocycles. The first-order valence-corrected chi connectivity index (χ1v) is 9.14. The fourth-order valence-electron chi connectivity index (χ4n) is 3.06. The Labute approximate surface area is 153 Å². The highest BCUT2D eigenvalue weighted by Crippen LogP contribution is 2.10. The van der Waals surface area contributed by atoms with Crippen LogP contribution in [0.25, 0.3) is 10.9 Å². The number of amides is 1. The van der Waals surface area contributed by atoms with Crippen LogP contribution in [0, 0.1) is 0 Å². The van der Waals surface area contributed by atoms with Crippen LogP contribution in [-0.2, 0) is 17.6 Å². The van der Waals surface area contributed by atoms with E-state index in [1.54, 1.807) is 0 Å².